The summed E-state index contributed by atoms with van der Waals surface area (Å²) in [6.07, 6.45) is 3.89. The first kappa shape index (κ1) is 15.3. The van der Waals surface area contributed by atoms with Gasteiger partial charge in [0.2, 0.25) is 0 Å². The van der Waals surface area contributed by atoms with Gasteiger partial charge in [0, 0.05) is 17.6 Å². The van der Waals surface area contributed by atoms with Crippen molar-refractivity contribution in [2.45, 2.75) is 44.4 Å². The van der Waals surface area contributed by atoms with Gasteiger partial charge in [0.25, 0.3) is 0 Å². The van der Waals surface area contributed by atoms with Crippen molar-refractivity contribution < 1.29 is 4.74 Å². The van der Waals surface area contributed by atoms with Crippen molar-refractivity contribution >= 4 is 11.6 Å². The van der Waals surface area contributed by atoms with E-state index in [0.717, 1.165) is 36.7 Å². The number of hydrogen-bond donors (Lipinski definition) is 1. The predicted octanol–water partition coefficient (Wildman–Crippen LogP) is 3.24. The fraction of sp³-hybridized carbons (Fsp3) is 0.647. The first-order chi connectivity index (χ1) is 10.3. The van der Waals surface area contributed by atoms with Crippen molar-refractivity contribution in [1.82, 2.24) is 10.2 Å². The molecule has 0 spiro atoms. The highest BCUT2D eigenvalue weighted by atomic mass is 35.5. The third kappa shape index (κ3) is 3.42. The molecule has 0 aliphatic carbocycles. The van der Waals surface area contributed by atoms with E-state index in [1.807, 2.05) is 12.1 Å². The SMILES string of the molecule is CCCNC(c1ccccc1Cl)C1CN2CCCC2CO1. The highest BCUT2D eigenvalue weighted by Gasteiger charge is 2.36. The summed E-state index contributed by atoms with van der Waals surface area (Å²) in [7, 11) is 0. The Hall–Kier alpha value is -0.610. The number of halogens is 1. The molecule has 0 saturated carbocycles. The fourth-order valence-electron chi connectivity index (χ4n) is 3.51. The molecule has 3 nitrogen and oxygen atoms in total. The molecule has 3 rings (SSSR count). The molecule has 1 aromatic carbocycles. The second-order valence-electron chi connectivity index (χ2n) is 6.12. The van der Waals surface area contributed by atoms with Gasteiger partial charge in [0.1, 0.15) is 0 Å². The molecule has 2 saturated heterocycles. The topological polar surface area (TPSA) is 24.5 Å². The van der Waals surface area contributed by atoms with Crippen LogP contribution in [-0.2, 0) is 4.74 Å². The number of morpholine rings is 1. The van der Waals surface area contributed by atoms with Gasteiger partial charge in [-0.1, -0.05) is 36.7 Å². The van der Waals surface area contributed by atoms with E-state index in [1.165, 1.54) is 19.4 Å². The molecule has 21 heavy (non-hydrogen) atoms. The molecule has 3 atom stereocenters. The maximum atomic E-state index is 6.42. The Balaban J connectivity index is 1.77. The Kier molecular flexibility index (Phi) is 5.17. The van der Waals surface area contributed by atoms with Crippen LogP contribution < -0.4 is 5.32 Å². The van der Waals surface area contributed by atoms with E-state index in [1.54, 1.807) is 0 Å². The maximum Gasteiger partial charge on any atom is 0.0897 e. The van der Waals surface area contributed by atoms with E-state index >= 15 is 0 Å². The van der Waals surface area contributed by atoms with Crippen LogP contribution in [0.2, 0.25) is 5.02 Å². The van der Waals surface area contributed by atoms with Gasteiger partial charge in [0.15, 0.2) is 0 Å². The van der Waals surface area contributed by atoms with Crippen LogP contribution in [0.15, 0.2) is 24.3 Å². The van der Waals surface area contributed by atoms with Gasteiger partial charge in [-0.15, -0.1) is 0 Å². The largest absolute Gasteiger partial charge is 0.373 e. The molecule has 2 heterocycles. The lowest BCUT2D eigenvalue weighted by Gasteiger charge is -2.39. The third-order valence-electron chi connectivity index (χ3n) is 4.64. The minimum atomic E-state index is 0.181. The molecule has 2 aliphatic rings. The summed E-state index contributed by atoms with van der Waals surface area (Å²) in [4.78, 5) is 2.59. The van der Waals surface area contributed by atoms with Gasteiger partial charge >= 0.3 is 0 Å². The summed E-state index contributed by atoms with van der Waals surface area (Å²) in [5, 5.41) is 4.47. The molecular weight excluding hydrogens is 284 g/mol. The lowest BCUT2D eigenvalue weighted by molar-refractivity contribution is -0.0652. The van der Waals surface area contributed by atoms with Gasteiger partial charge in [-0.05, 0) is 44.0 Å². The Morgan fingerprint density at radius 1 is 1.43 bits per heavy atom. The summed E-state index contributed by atoms with van der Waals surface area (Å²) >= 11 is 6.42. The van der Waals surface area contributed by atoms with Crippen molar-refractivity contribution in [2.24, 2.45) is 0 Å². The Morgan fingerprint density at radius 3 is 3.10 bits per heavy atom. The molecule has 2 aliphatic heterocycles. The quantitative estimate of drug-likeness (QED) is 0.904. The van der Waals surface area contributed by atoms with Crippen LogP contribution in [0.4, 0.5) is 0 Å². The number of rotatable bonds is 5. The van der Waals surface area contributed by atoms with E-state index in [0.29, 0.717) is 6.04 Å². The summed E-state index contributed by atoms with van der Waals surface area (Å²) < 4.78 is 6.20. The minimum absolute atomic E-state index is 0.181. The number of nitrogens with one attached hydrogen (secondary N) is 1. The predicted molar refractivity (Wildman–Crippen MR) is 86.8 cm³/mol. The molecule has 3 unspecified atom stereocenters. The van der Waals surface area contributed by atoms with Crippen molar-refractivity contribution in [1.29, 1.82) is 0 Å². The van der Waals surface area contributed by atoms with E-state index in [2.05, 4.69) is 29.3 Å². The van der Waals surface area contributed by atoms with Crippen molar-refractivity contribution in [3.8, 4) is 0 Å². The summed E-state index contributed by atoms with van der Waals surface area (Å²) in [6.45, 7) is 6.26. The first-order valence-corrected chi connectivity index (χ1v) is 8.51. The third-order valence-corrected chi connectivity index (χ3v) is 4.99. The number of hydrogen-bond acceptors (Lipinski definition) is 3. The highest BCUT2D eigenvalue weighted by molar-refractivity contribution is 6.31. The number of fused-ring (bicyclic) bond motifs is 1. The molecule has 4 heteroatoms. The lowest BCUT2D eigenvalue weighted by atomic mass is 9.99. The summed E-state index contributed by atoms with van der Waals surface area (Å²) in [5.74, 6) is 0. The Morgan fingerprint density at radius 2 is 2.29 bits per heavy atom. The van der Waals surface area contributed by atoms with Crippen LogP contribution in [0.25, 0.3) is 0 Å². The molecule has 2 fully saturated rings. The maximum absolute atomic E-state index is 6.42. The smallest absolute Gasteiger partial charge is 0.0897 e. The van der Waals surface area contributed by atoms with Gasteiger partial charge in [-0.3, -0.25) is 4.90 Å². The van der Waals surface area contributed by atoms with Crippen LogP contribution in [0.1, 0.15) is 37.8 Å². The fourth-order valence-corrected chi connectivity index (χ4v) is 3.77. The van der Waals surface area contributed by atoms with E-state index in [9.17, 15) is 0 Å². The molecular formula is C17H25ClN2O. The highest BCUT2D eigenvalue weighted by Crippen LogP contribution is 2.31. The van der Waals surface area contributed by atoms with Crippen LogP contribution in [0.3, 0.4) is 0 Å². The monoisotopic (exact) mass is 308 g/mol. The van der Waals surface area contributed by atoms with Crippen molar-refractivity contribution in [3.05, 3.63) is 34.9 Å². The van der Waals surface area contributed by atoms with Gasteiger partial charge in [0.05, 0.1) is 18.8 Å². The van der Waals surface area contributed by atoms with Crippen LogP contribution in [0, 0.1) is 0 Å². The average Bonchev–Trinajstić information content (AvgIpc) is 2.97. The lowest BCUT2D eigenvalue weighted by Crippen LogP contribution is -2.50. The number of nitrogens with zero attached hydrogens (tertiary/aromatic N) is 1. The molecule has 1 N–H and O–H groups in total. The molecule has 1 aromatic rings. The van der Waals surface area contributed by atoms with Crippen molar-refractivity contribution in [3.63, 3.8) is 0 Å². The van der Waals surface area contributed by atoms with E-state index in [4.69, 9.17) is 16.3 Å². The average molecular weight is 309 g/mol. The number of ether oxygens (including phenoxy) is 1. The zero-order chi connectivity index (χ0) is 14.7. The van der Waals surface area contributed by atoms with Crippen LogP contribution in [0.5, 0.6) is 0 Å². The molecule has 0 bridgehead atoms. The zero-order valence-electron chi connectivity index (χ0n) is 12.7. The molecule has 0 radical (unpaired) electrons. The molecule has 0 aromatic heterocycles. The van der Waals surface area contributed by atoms with Crippen LogP contribution in [-0.4, -0.2) is 43.3 Å². The molecule has 116 valence electrons. The normalized spacial score (nSPS) is 27.5. The van der Waals surface area contributed by atoms with E-state index < -0.39 is 0 Å². The number of benzene rings is 1. The first-order valence-electron chi connectivity index (χ1n) is 8.13. The Labute approximate surface area is 132 Å². The van der Waals surface area contributed by atoms with Gasteiger partial charge in [-0.25, -0.2) is 0 Å². The molecule has 0 amide bonds. The van der Waals surface area contributed by atoms with E-state index in [-0.39, 0.29) is 12.1 Å². The second kappa shape index (κ2) is 7.10. The summed E-state index contributed by atoms with van der Waals surface area (Å²) in [6, 6.07) is 8.96. The zero-order valence-corrected chi connectivity index (χ0v) is 13.5. The van der Waals surface area contributed by atoms with Gasteiger partial charge in [-0.2, -0.15) is 0 Å². The minimum Gasteiger partial charge on any atom is -0.373 e. The Bertz CT molecular complexity index is 468. The standard InChI is InChI=1S/C17H25ClN2O/c1-2-9-19-17(14-7-3-4-8-15(14)18)16-11-20-10-5-6-13(20)12-21-16/h3-4,7-8,13,16-17,19H,2,5-6,9-12H2,1H3. The van der Waals surface area contributed by atoms with Gasteiger partial charge < -0.3 is 10.1 Å². The second-order valence-corrected chi connectivity index (χ2v) is 6.52. The summed E-state index contributed by atoms with van der Waals surface area (Å²) in [5.41, 5.74) is 1.16. The van der Waals surface area contributed by atoms with Crippen molar-refractivity contribution in [2.75, 3.05) is 26.2 Å². The van der Waals surface area contributed by atoms with Crippen LogP contribution >= 0.6 is 11.6 Å².